The van der Waals surface area contributed by atoms with Crippen molar-refractivity contribution in [3.05, 3.63) is 29.8 Å². The summed E-state index contributed by atoms with van der Waals surface area (Å²) < 4.78 is 31.7. The normalized spacial score (nSPS) is 21.6. The molecule has 0 radical (unpaired) electrons. The molecule has 0 atom stereocenters. The number of benzene rings is 1. The summed E-state index contributed by atoms with van der Waals surface area (Å²) in [6.45, 7) is 2.99. The van der Waals surface area contributed by atoms with Crippen LogP contribution >= 0.6 is 0 Å². The Morgan fingerprint density at radius 3 is 2.30 bits per heavy atom. The van der Waals surface area contributed by atoms with E-state index in [4.69, 9.17) is 9.90 Å². The number of nitrogens with zero attached hydrogens (tertiary/aromatic N) is 2. The van der Waals surface area contributed by atoms with Gasteiger partial charge < -0.3 is 14.9 Å². The van der Waals surface area contributed by atoms with Crippen LogP contribution in [-0.4, -0.2) is 54.7 Å². The zero-order valence-electron chi connectivity index (χ0n) is 15.1. The molecule has 1 aromatic carbocycles. The van der Waals surface area contributed by atoms with Gasteiger partial charge >= 0.3 is 12.1 Å². The van der Waals surface area contributed by atoms with Gasteiger partial charge in [-0.1, -0.05) is 18.2 Å². The molecular formula is C19H23F3N2O3. The van der Waals surface area contributed by atoms with Crippen LogP contribution in [0.1, 0.15) is 31.2 Å². The quantitative estimate of drug-likeness (QED) is 0.852. The van der Waals surface area contributed by atoms with E-state index in [0.717, 1.165) is 38.4 Å². The van der Waals surface area contributed by atoms with Gasteiger partial charge in [0.05, 0.1) is 5.41 Å². The van der Waals surface area contributed by atoms with E-state index in [9.17, 15) is 18.0 Å². The molecule has 148 valence electrons. The number of para-hydroxylation sites is 1. The Labute approximate surface area is 155 Å². The number of hydrogen-bond acceptors (Lipinski definition) is 3. The van der Waals surface area contributed by atoms with Crippen molar-refractivity contribution < 1.29 is 27.9 Å². The van der Waals surface area contributed by atoms with E-state index in [0.29, 0.717) is 5.91 Å². The second-order valence-corrected chi connectivity index (χ2v) is 7.56. The fourth-order valence-corrected chi connectivity index (χ4v) is 3.82. The third kappa shape index (κ3) is 3.95. The molecule has 1 saturated heterocycles. The number of hydrogen-bond donors (Lipinski definition) is 1. The molecule has 1 amide bonds. The average molecular weight is 384 g/mol. The van der Waals surface area contributed by atoms with Crippen LogP contribution in [0.5, 0.6) is 0 Å². The topological polar surface area (TPSA) is 60.9 Å². The predicted octanol–water partition coefficient (Wildman–Crippen LogP) is 3.04. The Kier molecular flexibility index (Phi) is 5.20. The van der Waals surface area contributed by atoms with Crippen LogP contribution in [0.15, 0.2) is 24.3 Å². The van der Waals surface area contributed by atoms with E-state index in [1.165, 1.54) is 24.1 Å². The number of fused-ring (bicyclic) bond motifs is 2. The summed E-state index contributed by atoms with van der Waals surface area (Å²) in [7, 11) is 2.15. The lowest BCUT2D eigenvalue weighted by Gasteiger charge is -2.36. The molecule has 1 aromatic rings. The zero-order chi connectivity index (χ0) is 19.8. The monoisotopic (exact) mass is 384 g/mol. The number of amides is 1. The molecule has 2 aliphatic heterocycles. The van der Waals surface area contributed by atoms with Gasteiger partial charge in [0.25, 0.3) is 0 Å². The van der Waals surface area contributed by atoms with Crippen LogP contribution in [0.4, 0.5) is 18.9 Å². The maximum atomic E-state index is 13.1. The SMILES string of the molecule is CN1CCC2(CC1)C(=O)N(CC1CC1)c1ccccc12.O=C(O)C(F)(F)F. The van der Waals surface area contributed by atoms with Crippen molar-refractivity contribution in [3.8, 4) is 0 Å². The van der Waals surface area contributed by atoms with Crippen LogP contribution in [-0.2, 0) is 15.0 Å². The van der Waals surface area contributed by atoms with Gasteiger partial charge in [0, 0.05) is 12.2 Å². The molecule has 5 nitrogen and oxygen atoms in total. The molecule has 2 fully saturated rings. The molecule has 1 aliphatic carbocycles. The molecule has 4 rings (SSSR count). The largest absolute Gasteiger partial charge is 0.490 e. The van der Waals surface area contributed by atoms with Gasteiger partial charge in [-0.2, -0.15) is 13.2 Å². The van der Waals surface area contributed by atoms with E-state index >= 15 is 0 Å². The molecule has 0 unspecified atom stereocenters. The Balaban J connectivity index is 0.000000260. The van der Waals surface area contributed by atoms with Crippen molar-refractivity contribution in [1.82, 2.24) is 4.90 Å². The van der Waals surface area contributed by atoms with Gasteiger partial charge in [-0.15, -0.1) is 0 Å². The molecule has 8 heteroatoms. The van der Waals surface area contributed by atoms with Crippen molar-refractivity contribution in [2.24, 2.45) is 5.92 Å². The fourth-order valence-electron chi connectivity index (χ4n) is 3.82. The van der Waals surface area contributed by atoms with Crippen LogP contribution in [0.3, 0.4) is 0 Å². The third-order valence-electron chi connectivity index (χ3n) is 5.59. The highest BCUT2D eigenvalue weighted by Gasteiger charge is 2.52. The Hall–Kier alpha value is -2.09. The van der Waals surface area contributed by atoms with Crippen LogP contribution < -0.4 is 4.90 Å². The van der Waals surface area contributed by atoms with E-state index < -0.39 is 12.1 Å². The average Bonchev–Trinajstić information content (AvgIpc) is 3.41. The van der Waals surface area contributed by atoms with Crippen molar-refractivity contribution in [2.75, 3.05) is 31.6 Å². The maximum Gasteiger partial charge on any atom is 0.490 e. The van der Waals surface area contributed by atoms with Gasteiger partial charge in [-0.05, 0) is 63.4 Å². The number of alkyl halides is 3. The lowest BCUT2D eigenvalue weighted by atomic mass is 9.74. The minimum Gasteiger partial charge on any atom is -0.475 e. The highest BCUT2D eigenvalue weighted by Crippen LogP contribution is 2.48. The van der Waals surface area contributed by atoms with Gasteiger partial charge in [0.15, 0.2) is 0 Å². The number of carbonyl (C=O) groups excluding carboxylic acids is 1. The molecular weight excluding hydrogens is 361 g/mol. The van der Waals surface area contributed by atoms with E-state index in [1.54, 1.807) is 0 Å². The number of rotatable bonds is 2. The number of carbonyl (C=O) groups is 2. The predicted molar refractivity (Wildman–Crippen MR) is 93.6 cm³/mol. The van der Waals surface area contributed by atoms with Crippen LogP contribution in [0.2, 0.25) is 0 Å². The fraction of sp³-hybridized carbons (Fsp3) is 0.579. The first-order valence-corrected chi connectivity index (χ1v) is 9.05. The van der Waals surface area contributed by atoms with Crippen molar-refractivity contribution in [2.45, 2.75) is 37.3 Å². The molecule has 1 spiro atoms. The molecule has 27 heavy (non-hydrogen) atoms. The number of anilines is 1. The number of aliphatic carboxylic acids is 1. The maximum absolute atomic E-state index is 13.1. The first-order chi connectivity index (χ1) is 12.6. The van der Waals surface area contributed by atoms with E-state index in [1.807, 2.05) is 0 Å². The second-order valence-electron chi connectivity index (χ2n) is 7.56. The highest BCUT2D eigenvalue weighted by atomic mass is 19.4. The van der Waals surface area contributed by atoms with E-state index in [-0.39, 0.29) is 5.41 Å². The smallest absolute Gasteiger partial charge is 0.475 e. The van der Waals surface area contributed by atoms with Gasteiger partial charge in [0.1, 0.15) is 0 Å². The van der Waals surface area contributed by atoms with Crippen molar-refractivity contribution >= 4 is 17.6 Å². The molecule has 0 bridgehead atoms. The Morgan fingerprint density at radius 1 is 1.22 bits per heavy atom. The lowest BCUT2D eigenvalue weighted by Crippen LogP contribution is -2.48. The summed E-state index contributed by atoms with van der Waals surface area (Å²) in [4.78, 5) is 26.4. The Bertz CT molecular complexity index is 723. The summed E-state index contributed by atoms with van der Waals surface area (Å²) in [5.74, 6) is -1.64. The molecule has 3 aliphatic rings. The standard InChI is InChI=1S/C17H22N2O.C2HF3O2/c1-18-10-8-17(9-11-18)14-4-2-3-5-15(14)19(16(17)20)12-13-6-7-13;3-2(4,5)1(6)7/h2-5,13H,6-12H2,1H3;(H,6,7). The Morgan fingerprint density at radius 2 is 1.78 bits per heavy atom. The highest BCUT2D eigenvalue weighted by molar-refractivity contribution is 6.08. The molecule has 1 N–H and O–H groups in total. The molecule has 1 saturated carbocycles. The lowest BCUT2D eigenvalue weighted by molar-refractivity contribution is -0.192. The minimum atomic E-state index is -5.08. The second kappa shape index (κ2) is 7.14. The van der Waals surface area contributed by atoms with Crippen molar-refractivity contribution in [3.63, 3.8) is 0 Å². The van der Waals surface area contributed by atoms with Gasteiger partial charge in [-0.3, -0.25) is 4.79 Å². The summed E-state index contributed by atoms with van der Waals surface area (Å²) >= 11 is 0. The summed E-state index contributed by atoms with van der Waals surface area (Å²) in [5, 5.41) is 7.12. The van der Waals surface area contributed by atoms with Crippen LogP contribution in [0, 0.1) is 5.92 Å². The summed E-state index contributed by atoms with van der Waals surface area (Å²) in [6, 6.07) is 8.49. The first kappa shape index (κ1) is 19.7. The van der Waals surface area contributed by atoms with E-state index in [2.05, 4.69) is 41.1 Å². The first-order valence-electron chi connectivity index (χ1n) is 9.05. The van der Waals surface area contributed by atoms with Crippen molar-refractivity contribution in [1.29, 1.82) is 0 Å². The number of piperidine rings is 1. The third-order valence-corrected chi connectivity index (χ3v) is 5.59. The summed E-state index contributed by atoms with van der Waals surface area (Å²) in [5.41, 5.74) is 2.26. The zero-order valence-corrected chi connectivity index (χ0v) is 15.1. The van der Waals surface area contributed by atoms with Crippen LogP contribution in [0.25, 0.3) is 0 Å². The number of halogens is 3. The summed E-state index contributed by atoms with van der Waals surface area (Å²) in [6.07, 6.45) is -0.551. The number of carboxylic acid groups (broad SMARTS) is 1. The molecule has 0 aromatic heterocycles. The minimum absolute atomic E-state index is 0.224. The number of carboxylic acids is 1. The number of likely N-dealkylation sites (tertiary alicyclic amines) is 1. The van der Waals surface area contributed by atoms with Gasteiger partial charge in [0.2, 0.25) is 5.91 Å². The van der Waals surface area contributed by atoms with Gasteiger partial charge in [-0.25, -0.2) is 4.79 Å². The molecule has 2 heterocycles.